The van der Waals surface area contributed by atoms with Crippen molar-refractivity contribution >= 4 is 107 Å². The molecule has 0 saturated carbocycles. The molecule has 5 aromatic rings. The second-order valence-electron chi connectivity index (χ2n) is 6.98. The minimum absolute atomic E-state index is 0.135. The number of hydrogen-bond donors (Lipinski definition) is 2. The average Bonchev–Trinajstić information content (AvgIpc) is 3.34. The molecule has 0 bridgehead atoms. The number of fused-ring (bicyclic) bond motifs is 2. The minimum Gasteiger partial charge on any atom is -0.332 e. The number of aromatic nitrogens is 1. The van der Waals surface area contributed by atoms with Crippen LogP contribution in [0.15, 0.2) is 60.7 Å². The largest absolute Gasteiger partial charge is 0.332 e. The van der Waals surface area contributed by atoms with Crippen LogP contribution in [0.3, 0.4) is 0 Å². The first-order valence-corrected chi connectivity index (χ1v) is 12.7. The summed E-state index contributed by atoms with van der Waals surface area (Å²) in [5.74, 6) is -0.396. The van der Waals surface area contributed by atoms with Crippen molar-refractivity contribution in [2.75, 3.05) is 5.32 Å². The van der Waals surface area contributed by atoms with Crippen molar-refractivity contribution in [3.63, 3.8) is 0 Å². The van der Waals surface area contributed by atoms with Gasteiger partial charge in [-0.1, -0.05) is 53.0 Å². The fourth-order valence-corrected chi connectivity index (χ4v) is 6.49. The van der Waals surface area contributed by atoms with Gasteiger partial charge in [0.1, 0.15) is 9.88 Å². The first-order valence-electron chi connectivity index (χ1n) is 9.54. The molecule has 0 aliphatic carbocycles. The Labute approximate surface area is 217 Å². The molecular formula is C23H12Cl3N3OS3. The molecule has 164 valence electrons. The van der Waals surface area contributed by atoms with E-state index in [0.29, 0.717) is 25.6 Å². The molecule has 0 unspecified atom stereocenters. The van der Waals surface area contributed by atoms with Gasteiger partial charge in [-0.25, -0.2) is 4.98 Å². The van der Waals surface area contributed by atoms with E-state index in [1.54, 1.807) is 35.6 Å². The van der Waals surface area contributed by atoms with Crippen LogP contribution in [0.25, 0.3) is 30.9 Å². The Balaban J connectivity index is 1.31. The van der Waals surface area contributed by atoms with Gasteiger partial charge in [0.05, 0.1) is 20.3 Å². The van der Waals surface area contributed by atoms with Gasteiger partial charge in [0.15, 0.2) is 5.11 Å². The lowest BCUT2D eigenvalue weighted by Gasteiger charge is -2.10. The van der Waals surface area contributed by atoms with Crippen LogP contribution in [0.4, 0.5) is 5.69 Å². The molecule has 0 saturated heterocycles. The van der Waals surface area contributed by atoms with Gasteiger partial charge in [-0.05, 0) is 54.7 Å². The van der Waals surface area contributed by atoms with E-state index in [2.05, 4.69) is 15.6 Å². The molecule has 2 aromatic heterocycles. The molecule has 0 radical (unpaired) electrons. The van der Waals surface area contributed by atoms with E-state index in [4.69, 9.17) is 47.0 Å². The highest BCUT2D eigenvalue weighted by molar-refractivity contribution is 7.80. The van der Waals surface area contributed by atoms with E-state index in [1.165, 1.54) is 11.3 Å². The first-order chi connectivity index (χ1) is 15.9. The van der Waals surface area contributed by atoms with E-state index >= 15 is 0 Å². The number of para-hydroxylation sites is 1. The molecule has 2 N–H and O–H groups in total. The zero-order chi connectivity index (χ0) is 23.1. The standard InChI is InChI=1S/C23H12Cl3N3OS3/c24-11-5-7-14-18(9-11)32-20(19(14)26)21(30)29-23(31)27-12-6-8-13(15(25)10-12)22-28-16-3-1-2-4-17(16)33-22/h1-10H,(H2,27,29,30,31). The lowest BCUT2D eigenvalue weighted by atomic mass is 10.2. The molecule has 3 aromatic carbocycles. The highest BCUT2D eigenvalue weighted by Crippen LogP contribution is 2.37. The summed E-state index contributed by atoms with van der Waals surface area (Å²) >= 11 is 27.1. The number of amides is 1. The summed E-state index contributed by atoms with van der Waals surface area (Å²) in [5, 5.41) is 8.87. The zero-order valence-corrected chi connectivity index (χ0v) is 21.2. The average molecular weight is 549 g/mol. The second-order valence-corrected chi connectivity index (χ2v) is 10.7. The first kappa shape index (κ1) is 22.5. The van der Waals surface area contributed by atoms with E-state index < -0.39 is 5.91 Å². The highest BCUT2D eigenvalue weighted by atomic mass is 35.5. The Morgan fingerprint density at radius 2 is 1.76 bits per heavy atom. The van der Waals surface area contributed by atoms with Crippen molar-refractivity contribution in [2.45, 2.75) is 0 Å². The normalized spacial score (nSPS) is 11.1. The van der Waals surface area contributed by atoms with Crippen LogP contribution in [0.2, 0.25) is 15.1 Å². The van der Waals surface area contributed by atoms with Crippen molar-refractivity contribution in [1.29, 1.82) is 0 Å². The Bertz CT molecular complexity index is 1530. The van der Waals surface area contributed by atoms with Gasteiger partial charge >= 0.3 is 0 Å². The van der Waals surface area contributed by atoms with E-state index in [9.17, 15) is 4.79 Å². The summed E-state index contributed by atoms with van der Waals surface area (Å²) in [6, 6.07) is 18.7. The number of rotatable bonds is 3. The number of thiophene rings is 1. The van der Waals surface area contributed by atoms with Crippen LogP contribution in [0.5, 0.6) is 0 Å². The Hall–Kier alpha value is -2.26. The quantitative estimate of drug-likeness (QED) is 0.223. The topological polar surface area (TPSA) is 54.0 Å². The fraction of sp³-hybridized carbons (Fsp3) is 0. The number of carbonyl (C=O) groups excluding carboxylic acids is 1. The molecule has 0 aliphatic heterocycles. The van der Waals surface area contributed by atoms with Crippen molar-refractivity contribution in [2.24, 2.45) is 0 Å². The van der Waals surface area contributed by atoms with Crippen molar-refractivity contribution < 1.29 is 4.79 Å². The summed E-state index contributed by atoms with van der Waals surface area (Å²) in [7, 11) is 0. The van der Waals surface area contributed by atoms with Gasteiger partial charge in [-0.3, -0.25) is 10.1 Å². The molecule has 0 spiro atoms. The number of benzene rings is 3. The highest BCUT2D eigenvalue weighted by Gasteiger charge is 2.18. The number of anilines is 1. The number of hydrogen-bond acceptors (Lipinski definition) is 5. The molecule has 4 nitrogen and oxygen atoms in total. The summed E-state index contributed by atoms with van der Waals surface area (Å²) in [5.41, 5.74) is 2.40. The maximum atomic E-state index is 12.7. The van der Waals surface area contributed by atoms with Gasteiger partial charge in [0, 0.05) is 26.4 Å². The van der Waals surface area contributed by atoms with Crippen molar-refractivity contribution in [1.82, 2.24) is 10.3 Å². The van der Waals surface area contributed by atoms with Gasteiger partial charge < -0.3 is 5.32 Å². The molecule has 1 amide bonds. The molecule has 10 heteroatoms. The summed E-state index contributed by atoms with van der Waals surface area (Å²) in [6.07, 6.45) is 0. The van der Waals surface area contributed by atoms with Gasteiger partial charge in [-0.2, -0.15) is 0 Å². The van der Waals surface area contributed by atoms with Crippen molar-refractivity contribution in [3.8, 4) is 10.6 Å². The monoisotopic (exact) mass is 547 g/mol. The van der Waals surface area contributed by atoms with Crippen LogP contribution < -0.4 is 10.6 Å². The minimum atomic E-state index is -0.396. The smallest absolute Gasteiger partial charge is 0.269 e. The molecule has 33 heavy (non-hydrogen) atoms. The lowest BCUT2D eigenvalue weighted by molar-refractivity contribution is 0.0982. The molecule has 0 fully saturated rings. The molecule has 2 heterocycles. The third-order valence-electron chi connectivity index (χ3n) is 4.78. The summed E-state index contributed by atoms with van der Waals surface area (Å²) < 4.78 is 1.92. The predicted octanol–water partition coefficient (Wildman–Crippen LogP) is 8.27. The van der Waals surface area contributed by atoms with E-state index in [-0.39, 0.29) is 5.11 Å². The van der Waals surface area contributed by atoms with Gasteiger partial charge in [-0.15, -0.1) is 22.7 Å². The SMILES string of the molecule is O=C(NC(=S)Nc1ccc(-c2nc3ccccc3s2)c(Cl)c1)c1sc2cc(Cl)ccc2c1Cl. The third kappa shape index (κ3) is 4.57. The molecular weight excluding hydrogens is 537 g/mol. The van der Waals surface area contributed by atoms with Crippen LogP contribution in [0.1, 0.15) is 9.67 Å². The van der Waals surface area contributed by atoms with Crippen LogP contribution >= 0.6 is 69.7 Å². The molecule has 0 atom stereocenters. The van der Waals surface area contributed by atoms with Gasteiger partial charge in [0.25, 0.3) is 5.91 Å². The maximum Gasteiger partial charge on any atom is 0.269 e. The van der Waals surface area contributed by atoms with Gasteiger partial charge in [0.2, 0.25) is 0 Å². The molecule has 5 rings (SSSR count). The fourth-order valence-electron chi connectivity index (χ4n) is 3.26. The Morgan fingerprint density at radius 3 is 2.55 bits per heavy atom. The number of nitrogens with one attached hydrogen (secondary N) is 2. The number of thiocarbonyl (C=S) groups is 1. The lowest BCUT2D eigenvalue weighted by Crippen LogP contribution is -2.33. The number of halogens is 3. The number of carbonyl (C=O) groups is 1. The Morgan fingerprint density at radius 1 is 0.939 bits per heavy atom. The maximum absolute atomic E-state index is 12.7. The van der Waals surface area contributed by atoms with Crippen molar-refractivity contribution in [3.05, 3.63) is 80.6 Å². The Kier molecular flexibility index (Phi) is 6.26. The van der Waals surface area contributed by atoms with Crippen LogP contribution in [0, 0.1) is 0 Å². The summed E-state index contributed by atoms with van der Waals surface area (Å²) in [4.78, 5) is 17.7. The van der Waals surface area contributed by atoms with Crippen LogP contribution in [-0.2, 0) is 0 Å². The zero-order valence-electron chi connectivity index (χ0n) is 16.5. The number of thiazole rings is 1. The summed E-state index contributed by atoms with van der Waals surface area (Å²) in [6.45, 7) is 0. The van der Waals surface area contributed by atoms with Crippen LogP contribution in [-0.4, -0.2) is 16.0 Å². The predicted molar refractivity (Wildman–Crippen MR) is 146 cm³/mol. The third-order valence-corrected chi connectivity index (χ3v) is 8.25. The second kappa shape index (κ2) is 9.18. The molecule has 0 aliphatic rings. The van der Waals surface area contributed by atoms with E-state index in [0.717, 1.165) is 30.9 Å². The number of nitrogens with zero attached hydrogens (tertiary/aromatic N) is 1. The van der Waals surface area contributed by atoms with E-state index in [1.807, 2.05) is 36.4 Å².